The van der Waals surface area contributed by atoms with Crippen LogP contribution in [0.1, 0.15) is 17.5 Å². The van der Waals surface area contributed by atoms with Crippen molar-refractivity contribution in [1.29, 1.82) is 0 Å². The van der Waals surface area contributed by atoms with E-state index < -0.39 is 5.54 Å². The van der Waals surface area contributed by atoms with Crippen LogP contribution in [0, 0.1) is 0 Å². The van der Waals surface area contributed by atoms with Gasteiger partial charge in [-0.3, -0.25) is 4.79 Å². The number of nitrogens with zero attached hydrogens (tertiary/aromatic N) is 1. The Bertz CT molecular complexity index is 511. The molecule has 0 radical (unpaired) electrons. The Labute approximate surface area is 120 Å². The van der Waals surface area contributed by atoms with Crippen molar-refractivity contribution in [2.75, 3.05) is 27.2 Å². The zero-order chi connectivity index (χ0) is 14.6. The summed E-state index contributed by atoms with van der Waals surface area (Å²) in [5.74, 6) is -0.155. The molecule has 0 saturated carbocycles. The topological polar surface area (TPSA) is 52.6 Å². The third-order valence-corrected chi connectivity index (χ3v) is 3.73. The number of carbonyl (C=O) groups excluding carboxylic acids is 1. The molecule has 2 rings (SSSR count). The molecule has 0 aliphatic heterocycles. The third-order valence-electron chi connectivity index (χ3n) is 3.73. The molecule has 0 spiro atoms. The lowest BCUT2D eigenvalue weighted by Gasteiger charge is -2.29. The lowest BCUT2D eigenvalue weighted by molar-refractivity contribution is -0.119. The standard InChI is InChI=1S/C16H22N2O2/c1-18(2)11-5-8-15(20)17-16(12-19)10-9-13-6-3-4-7-14(13)16/h3-8,19H,9-12H2,1-2H3,(H,17,20)/b8-5+. The van der Waals surface area contributed by atoms with E-state index in [1.807, 2.05) is 43.3 Å². The molecule has 1 aliphatic carbocycles. The van der Waals surface area contributed by atoms with E-state index in [1.165, 1.54) is 5.56 Å². The Morgan fingerprint density at radius 2 is 2.20 bits per heavy atom. The molecule has 0 saturated heterocycles. The maximum absolute atomic E-state index is 12.0. The highest BCUT2D eigenvalue weighted by atomic mass is 16.3. The van der Waals surface area contributed by atoms with Crippen LogP contribution in [0.3, 0.4) is 0 Å². The largest absolute Gasteiger partial charge is 0.394 e. The van der Waals surface area contributed by atoms with Gasteiger partial charge in [-0.2, -0.15) is 0 Å². The SMILES string of the molecule is CN(C)C/C=C/C(=O)NC1(CO)CCc2ccccc21. The molecule has 1 aromatic carbocycles. The van der Waals surface area contributed by atoms with E-state index in [0.717, 1.165) is 24.9 Å². The maximum Gasteiger partial charge on any atom is 0.244 e. The molecule has 0 bridgehead atoms. The molecule has 4 heteroatoms. The van der Waals surface area contributed by atoms with E-state index in [1.54, 1.807) is 6.08 Å². The van der Waals surface area contributed by atoms with Crippen LogP contribution in [0.2, 0.25) is 0 Å². The van der Waals surface area contributed by atoms with Crippen molar-refractivity contribution in [3.8, 4) is 0 Å². The van der Waals surface area contributed by atoms with Crippen molar-refractivity contribution in [3.63, 3.8) is 0 Å². The third kappa shape index (κ3) is 3.08. The number of carbonyl (C=O) groups is 1. The molecule has 1 unspecified atom stereocenters. The molecular formula is C16H22N2O2. The lowest BCUT2D eigenvalue weighted by atomic mass is 9.92. The molecule has 4 nitrogen and oxygen atoms in total. The first-order valence-electron chi connectivity index (χ1n) is 6.90. The second-order valence-electron chi connectivity index (χ2n) is 5.55. The summed E-state index contributed by atoms with van der Waals surface area (Å²) in [6.07, 6.45) is 4.99. The zero-order valence-electron chi connectivity index (χ0n) is 12.1. The van der Waals surface area contributed by atoms with Crippen molar-refractivity contribution >= 4 is 5.91 Å². The van der Waals surface area contributed by atoms with Gasteiger partial charge in [-0.15, -0.1) is 0 Å². The highest BCUT2D eigenvalue weighted by Gasteiger charge is 2.38. The summed E-state index contributed by atoms with van der Waals surface area (Å²) < 4.78 is 0. The number of rotatable bonds is 5. The molecule has 0 fully saturated rings. The van der Waals surface area contributed by atoms with Crippen molar-refractivity contribution < 1.29 is 9.90 Å². The fraction of sp³-hybridized carbons (Fsp3) is 0.438. The van der Waals surface area contributed by atoms with Gasteiger partial charge in [-0.1, -0.05) is 30.3 Å². The number of aliphatic hydroxyl groups excluding tert-OH is 1. The number of nitrogens with one attached hydrogen (secondary N) is 1. The number of hydrogen-bond donors (Lipinski definition) is 2. The van der Waals surface area contributed by atoms with Crippen LogP contribution < -0.4 is 5.32 Å². The molecule has 108 valence electrons. The first-order chi connectivity index (χ1) is 9.57. The highest BCUT2D eigenvalue weighted by molar-refractivity contribution is 5.88. The zero-order valence-corrected chi connectivity index (χ0v) is 12.1. The minimum Gasteiger partial charge on any atom is -0.394 e. The van der Waals surface area contributed by atoms with Crippen LogP contribution in [-0.2, 0) is 16.8 Å². The van der Waals surface area contributed by atoms with Gasteiger partial charge < -0.3 is 15.3 Å². The van der Waals surface area contributed by atoms with Gasteiger partial charge in [0.2, 0.25) is 5.91 Å². The lowest BCUT2D eigenvalue weighted by Crippen LogP contribution is -2.46. The van der Waals surface area contributed by atoms with Gasteiger partial charge in [0.15, 0.2) is 0 Å². The van der Waals surface area contributed by atoms with Gasteiger partial charge in [0.1, 0.15) is 0 Å². The van der Waals surface area contributed by atoms with Crippen LogP contribution in [0.5, 0.6) is 0 Å². The van der Waals surface area contributed by atoms with Gasteiger partial charge >= 0.3 is 0 Å². The minimum absolute atomic E-state index is 0.0721. The first-order valence-corrected chi connectivity index (χ1v) is 6.90. The summed E-state index contributed by atoms with van der Waals surface area (Å²) in [6, 6.07) is 7.98. The number of aliphatic hydroxyl groups is 1. The predicted octanol–water partition coefficient (Wildman–Crippen LogP) is 1.05. The molecule has 0 heterocycles. The van der Waals surface area contributed by atoms with E-state index in [9.17, 15) is 9.90 Å². The summed E-state index contributed by atoms with van der Waals surface area (Å²) in [4.78, 5) is 14.0. The van der Waals surface area contributed by atoms with Gasteiger partial charge in [0.25, 0.3) is 0 Å². The van der Waals surface area contributed by atoms with Gasteiger partial charge in [0, 0.05) is 12.6 Å². The number of fused-ring (bicyclic) bond motifs is 1. The molecule has 1 amide bonds. The van der Waals surface area contributed by atoms with Crippen LogP contribution >= 0.6 is 0 Å². The Kier molecular flexibility index (Phi) is 4.57. The summed E-state index contributed by atoms with van der Waals surface area (Å²) in [7, 11) is 3.90. The summed E-state index contributed by atoms with van der Waals surface area (Å²) in [6.45, 7) is 0.646. The van der Waals surface area contributed by atoms with E-state index in [2.05, 4.69) is 11.4 Å². The molecule has 20 heavy (non-hydrogen) atoms. The monoisotopic (exact) mass is 274 g/mol. The van der Waals surface area contributed by atoms with Gasteiger partial charge in [0.05, 0.1) is 12.1 Å². The van der Waals surface area contributed by atoms with Crippen LogP contribution in [0.15, 0.2) is 36.4 Å². The normalized spacial score (nSPS) is 21.4. The summed E-state index contributed by atoms with van der Waals surface area (Å²) in [5, 5.41) is 12.8. The average molecular weight is 274 g/mol. The smallest absolute Gasteiger partial charge is 0.244 e. The van der Waals surface area contributed by atoms with Crippen molar-refractivity contribution in [2.24, 2.45) is 0 Å². The van der Waals surface area contributed by atoms with Crippen molar-refractivity contribution in [1.82, 2.24) is 10.2 Å². The summed E-state index contributed by atoms with van der Waals surface area (Å²) in [5.41, 5.74) is 1.62. The Hall–Kier alpha value is -1.65. The minimum atomic E-state index is -0.629. The Morgan fingerprint density at radius 3 is 2.90 bits per heavy atom. The van der Waals surface area contributed by atoms with E-state index >= 15 is 0 Å². The molecule has 0 aromatic heterocycles. The maximum atomic E-state index is 12.0. The van der Waals surface area contributed by atoms with Crippen LogP contribution in [0.4, 0.5) is 0 Å². The fourth-order valence-corrected chi connectivity index (χ4v) is 2.67. The highest BCUT2D eigenvalue weighted by Crippen LogP contribution is 2.36. The average Bonchev–Trinajstić information content (AvgIpc) is 2.78. The second-order valence-corrected chi connectivity index (χ2v) is 5.55. The predicted molar refractivity (Wildman–Crippen MR) is 79.4 cm³/mol. The number of amides is 1. The molecule has 1 atom stereocenters. The Morgan fingerprint density at radius 1 is 1.45 bits per heavy atom. The van der Waals surface area contributed by atoms with E-state index in [4.69, 9.17) is 0 Å². The second kappa shape index (κ2) is 6.20. The van der Waals surface area contributed by atoms with Gasteiger partial charge in [-0.05, 0) is 38.1 Å². The van der Waals surface area contributed by atoms with Crippen LogP contribution in [0.25, 0.3) is 0 Å². The van der Waals surface area contributed by atoms with Crippen molar-refractivity contribution in [2.45, 2.75) is 18.4 Å². The summed E-state index contributed by atoms with van der Waals surface area (Å²) >= 11 is 0. The number of aryl methyl sites for hydroxylation is 1. The number of hydrogen-bond acceptors (Lipinski definition) is 3. The first kappa shape index (κ1) is 14.8. The molecule has 2 N–H and O–H groups in total. The number of benzene rings is 1. The van der Waals surface area contributed by atoms with Gasteiger partial charge in [-0.25, -0.2) is 0 Å². The van der Waals surface area contributed by atoms with E-state index in [0.29, 0.717) is 0 Å². The van der Waals surface area contributed by atoms with Crippen molar-refractivity contribution in [3.05, 3.63) is 47.5 Å². The number of likely N-dealkylation sites (N-methyl/N-ethyl adjacent to an activating group) is 1. The molecular weight excluding hydrogens is 252 g/mol. The Balaban J connectivity index is 2.10. The van der Waals surface area contributed by atoms with E-state index in [-0.39, 0.29) is 12.5 Å². The quantitative estimate of drug-likeness (QED) is 0.789. The fourth-order valence-electron chi connectivity index (χ4n) is 2.67. The molecule has 1 aromatic rings. The molecule has 1 aliphatic rings. The van der Waals surface area contributed by atoms with Crippen LogP contribution in [-0.4, -0.2) is 43.2 Å².